The maximum Gasteiger partial charge on any atom is 0.336 e. The van der Waals surface area contributed by atoms with Crippen LogP contribution in [0.2, 0.25) is 0 Å². The first-order valence-electron chi connectivity index (χ1n) is 21.4. The number of rotatable bonds is 13. The van der Waals surface area contributed by atoms with E-state index in [1.54, 1.807) is 7.11 Å². The summed E-state index contributed by atoms with van der Waals surface area (Å²) < 4.78 is 13.7. The van der Waals surface area contributed by atoms with Gasteiger partial charge in [0, 0.05) is 26.7 Å². The van der Waals surface area contributed by atoms with Crippen LogP contribution < -0.4 is 21.8 Å². The highest BCUT2D eigenvalue weighted by molar-refractivity contribution is 5.56. The van der Waals surface area contributed by atoms with Gasteiger partial charge in [-0.05, 0) is 77.4 Å². The van der Waals surface area contributed by atoms with Gasteiger partial charge in [-0.3, -0.25) is 4.99 Å². The van der Waals surface area contributed by atoms with Crippen LogP contribution in [0.3, 0.4) is 0 Å². The predicted molar refractivity (Wildman–Crippen MR) is 254 cm³/mol. The van der Waals surface area contributed by atoms with Crippen LogP contribution in [0.15, 0.2) is 69.0 Å². The summed E-state index contributed by atoms with van der Waals surface area (Å²) in [6.45, 7) is 50.0. The van der Waals surface area contributed by atoms with Crippen LogP contribution in [-0.2, 0) is 29.8 Å². The highest BCUT2D eigenvalue weighted by Crippen LogP contribution is 2.25. The van der Waals surface area contributed by atoms with E-state index in [1.165, 1.54) is 37.1 Å². The molecule has 0 fully saturated rings. The first-order valence-corrected chi connectivity index (χ1v) is 21.4. The maximum absolute atomic E-state index is 12.4. The lowest BCUT2D eigenvalue weighted by Gasteiger charge is -2.20. The molecule has 1 aromatic carbocycles. The van der Waals surface area contributed by atoms with Crippen molar-refractivity contribution in [2.24, 2.45) is 26.7 Å². The van der Waals surface area contributed by atoms with Crippen LogP contribution in [-0.4, -0.2) is 58.0 Å². The first-order chi connectivity index (χ1) is 26.7. The van der Waals surface area contributed by atoms with E-state index in [9.17, 15) is 14.4 Å². The minimum atomic E-state index is -0.623. The molecule has 1 atom stereocenters. The molecule has 0 saturated carbocycles. The van der Waals surface area contributed by atoms with Gasteiger partial charge in [0.05, 0.1) is 26.0 Å². The van der Waals surface area contributed by atoms with Crippen LogP contribution in [0.1, 0.15) is 156 Å². The molecule has 0 aliphatic carbocycles. The molecule has 0 radical (unpaired) electrons. The fourth-order valence-electron chi connectivity index (χ4n) is 4.88. The number of nitrogens with zero attached hydrogens (tertiary/aromatic N) is 5. The largest absolute Gasteiger partial charge is 0.465 e. The maximum atomic E-state index is 12.4. The van der Waals surface area contributed by atoms with Gasteiger partial charge in [0.25, 0.3) is 0 Å². The Balaban J connectivity index is 0. The van der Waals surface area contributed by atoms with Crippen molar-refractivity contribution in [2.45, 2.75) is 182 Å². The van der Waals surface area contributed by atoms with Crippen molar-refractivity contribution < 1.29 is 9.47 Å². The van der Waals surface area contributed by atoms with Gasteiger partial charge in [0.2, 0.25) is 0 Å². The third kappa shape index (κ3) is 31.0. The summed E-state index contributed by atoms with van der Waals surface area (Å²) >= 11 is 0. The molecule has 0 spiro atoms. The molecule has 0 saturated heterocycles. The Labute approximate surface area is 360 Å². The van der Waals surface area contributed by atoms with E-state index in [0.717, 1.165) is 39.0 Å². The smallest absolute Gasteiger partial charge is 0.336 e. The van der Waals surface area contributed by atoms with Crippen LogP contribution >= 0.6 is 0 Å². The molecule has 1 aliphatic rings. The first kappa shape index (κ1) is 57.4. The molecule has 1 unspecified atom stereocenters. The third-order valence-electron chi connectivity index (χ3n) is 7.80. The molecule has 1 aliphatic heterocycles. The topological polar surface area (TPSA) is 100 Å². The lowest BCUT2D eigenvalue weighted by atomic mass is 9.87. The van der Waals surface area contributed by atoms with Gasteiger partial charge in [-0.15, -0.1) is 13.2 Å². The summed E-state index contributed by atoms with van der Waals surface area (Å²) in [6, 6.07) is 8.15. The van der Waals surface area contributed by atoms with Gasteiger partial charge in [-0.2, -0.15) is 0 Å². The standard InChI is InChI=1S/C16H25N3O3.C13H20O2.C10H20N2.2C5H12/c1-6-10-17-13(20)18(11-7-2)15(22)19(14(17)21)12-8-9-16(3,4)5;1-10(14-5)15-12-8-6-11(7-9-12)13(2,3)4;1-10(2,3)5-4-7-12-8-6-11-9-12;2*1-5(2,3)4/h6-7H,1-2,8-12H2,3-5H3;6-10H,1-5H3;9H,4-8H2,1-3H3;2*1-4H3. The second kappa shape index (κ2) is 26.5. The van der Waals surface area contributed by atoms with E-state index in [1.807, 2.05) is 25.4 Å². The van der Waals surface area contributed by atoms with Crippen molar-refractivity contribution in [3.05, 3.63) is 86.6 Å². The summed E-state index contributed by atoms with van der Waals surface area (Å²) in [5.74, 6) is 0.845. The number of hydrogen-bond donors (Lipinski definition) is 0. The highest BCUT2D eigenvalue weighted by atomic mass is 16.7. The number of aliphatic imine (C=N–C) groups is 1. The summed E-state index contributed by atoms with van der Waals surface area (Å²) in [4.78, 5) is 43.4. The molecular weight excluding hydrogens is 739 g/mol. The molecule has 59 heavy (non-hydrogen) atoms. The molecule has 2 aromatic rings. The minimum absolute atomic E-state index is 0.0777. The molecule has 10 nitrogen and oxygen atoms in total. The van der Waals surface area contributed by atoms with E-state index >= 15 is 0 Å². The zero-order valence-electron chi connectivity index (χ0n) is 41.4. The quantitative estimate of drug-likeness (QED) is 0.147. The van der Waals surface area contributed by atoms with Crippen molar-refractivity contribution in [1.82, 2.24) is 18.6 Å². The Kier molecular flexibility index (Phi) is 25.8. The van der Waals surface area contributed by atoms with Gasteiger partial charge in [0.15, 0.2) is 6.29 Å². The van der Waals surface area contributed by atoms with Gasteiger partial charge in [-0.1, -0.05) is 142 Å². The number of methoxy groups -OCH3 is 1. The number of allylic oxidation sites excluding steroid dienone is 2. The Bertz CT molecular complexity index is 1610. The summed E-state index contributed by atoms with van der Waals surface area (Å²) in [5.41, 5.74) is 1.32. The van der Waals surface area contributed by atoms with Gasteiger partial charge in [0.1, 0.15) is 5.75 Å². The van der Waals surface area contributed by atoms with Crippen molar-refractivity contribution in [2.75, 3.05) is 26.7 Å². The Morgan fingerprint density at radius 3 is 1.37 bits per heavy atom. The van der Waals surface area contributed by atoms with Gasteiger partial charge in [-0.25, -0.2) is 28.1 Å². The summed E-state index contributed by atoms with van der Waals surface area (Å²) in [7, 11) is 1.63. The molecule has 0 amide bonds. The zero-order chi connectivity index (χ0) is 46.4. The molecule has 0 bridgehead atoms. The molecule has 10 heteroatoms. The van der Waals surface area contributed by atoms with Gasteiger partial charge < -0.3 is 14.4 Å². The van der Waals surface area contributed by atoms with Crippen molar-refractivity contribution in [3.8, 4) is 5.75 Å². The molecule has 2 heterocycles. The average Bonchev–Trinajstić information content (AvgIpc) is 3.58. The number of hydrogen-bond acceptors (Lipinski definition) is 7. The monoisotopic (exact) mass is 828 g/mol. The van der Waals surface area contributed by atoms with Crippen LogP contribution in [0.25, 0.3) is 0 Å². The molecule has 1 aromatic heterocycles. The van der Waals surface area contributed by atoms with Crippen molar-refractivity contribution >= 4 is 6.34 Å². The van der Waals surface area contributed by atoms with E-state index in [4.69, 9.17) is 9.47 Å². The second-order valence-corrected chi connectivity index (χ2v) is 21.9. The summed E-state index contributed by atoms with van der Waals surface area (Å²) in [6.07, 6.45) is 8.87. The van der Waals surface area contributed by atoms with Crippen molar-refractivity contribution in [1.29, 1.82) is 0 Å². The van der Waals surface area contributed by atoms with Gasteiger partial charge >= 0.3 is 17.1 Å². The minimum Gasteiger partial charge on any atom is -0.465 e. The Morgan fingerprint density at radius 1 is 0.661 bits per heavy atom. The van der Waals surface area contributed by atoms with E-state index in [-0.39, 0.29) is 30.2 Å². The molecule has 3 rings (SSSR count). The normalized spacial score (nSPS) is 13.3. The SMILES string of the molecule is C=CCn1c(=O)n(CC=C)c(=O)n(CCCC(C)(C)C)c1=O.CC(C)(C)C.CC(C)(C)C.CC(C)(C)CCCN1C=NCC1.COC(C)Oc1ccc(C(C)(C)C)cc1. The van der Waals surface area contributed by atoms with Crippen molar-refractivity contribution in [3.63, 3.8) is 0 Å². The number of benzene rings is 1. The Hall–Kier alpha value is -3.66. The van der Waals surface area contributed by atoms with E-state index in [0.29, 0.717) is 29.2 Å². The molecule has 340 valence electrons. The zero-order valence-corrected chi connectivity index (χ0v) is 41.4. The predicted octanol–water partition coefficient (Wildman–Crippen LogP) is 11.0. The van der Waals surface area contributed by atoms with E-state index in [2.05, 4.69) is 153 Å². The van der Waals surface area contributed by atoms with E-state index < -0.39 is 17.1 Å². The van der Waals surface area contributed by atoms with Crippen LogP contribution in [0.4, 0.5) is 0 Å². The number of aromatic nitrogens is 3. The fraction of sp³-hybridized carbons (Fsp3) is 0.714. The lowest BCUT2D eigenvalue weighted by molar-refractivity contribution is -0.0382. The third-order valence-corrected chi connectivity index (χ3v) is 7.80. The number of ether oxygens (including phenoxy) is 2. The Morgan fingerprint density at radius 2 is 1.05 bits per heavy atom. The average molecular weight is 828 g/mol. The molecular formula is C49H89N5O5. The fourth-order valence-corrected chi connectivity index (χ4v) is 4.88. The molecule has 0 N–H and O–H groups in total. The highest BCUT2D eigenvalue weighted by Gasteiger charge is 2.16. The lowest BCUT2D eigenvalue weighted by Crippen LogP contribution is -2.54. The van der Waals surface area contributed by atoms with Crippen LogP contribution in [0.5, 0.6) is 5.75 Å². The summed E-state index contributed by atoms with van der Waals surface area (Å²) in [5, 5.41) is 0. The second-order valence-electron chi connectivity index (χ2n) is 21.9. The van der Waals surface area contributed by atoms with Crippen LogP contribution in [0, 0.1) is 21.7 Å².